The van der Waals surface area contributed by atoms with Gasteiger partial charge in [-0.2, -0.15) is 0 Å². The zero-order valence-electron chi connectivity index (χ0n) is 30.9. The summed E-state index contributed by atoms with van der Waals surface area (Å²) in [4.78, 5) is 20.0. The van der Waals surface area contributed by atoms with Gasteiger partial charge in [-0.25, -0.2) is 15.0 Å². The van der Waals surface area contributed by atoms with E-state index in [2.05, 4.69) is 122 Å². The van der Waals surface area contributed by atoms with E-state index in [0.29, 0.717) is 17.5 Å². The lowest BCUT2D eigenvalue weighted by molar-refractivity contribution is 0.378. The lowest BCUT2D eigenvalue weighted by atomic mass is 9.63. The van der Waals surface area contributed by atoms with E-state index in [1.807, 2.05) is 37.4 Å². The molecule has 5 aromatic rings. The Kier molecular flexibility index (Phi) is 8.09. The number of fused-ring (bicyclic) bond motifs is 9. The van der Waals surface area contributed by atoms with Crippen molar-refractivity contribution in [1.82, 2.24) is 15.0 Å². The molecule has 5 heteroatoms. The third kappa shape index (κ3) is 5.29. The summed E-state index contributed by atoms with van der Waals surface area (Å²) >= 11 is 0. The highest BCUT2D eigenvalue weighted by Crippen LogP contribution is 2.62. The number of benzene rings is 4. The van der Waals surface area contributed by atoms with Crippen LogP contribution in [0.5, 0.6) is 5.75 Å². The summed E-state index contributed by atoms with van der Waals surface area (Å²) in [6.07, 6.45) is 22.3. The van der Waals surface area contributed by atoms with E-state index in [1.165, 1.54) is 39.0 Å². The van der Waals surface area contributed by atoms with Crippen LogP contribution in [-0.2, 0) is 5.41 Å². The van der Waals surface area contributed by atoms with Gasteiger partial charge in [0.2, 0.25) is 0 Å². The molecule has 0 bridgehead atoms. The van der Waals surface area contributed by atoms with Gasteiger partial charge < -0.3 is 4.74 Å². The fraction of sp³-hybridized carbons (Fsp3) is 0.160. The van der Waals surface area contributed by atoms with Crippen LogP contribution in [0.3, 0.4) is 0 Å². The first-order valence-electron chi connectivity index (χ1n) is 19.4. The monoisotopic (exact) mass is 712 g/mol. The number of aliphatic imine (C=N–C) groups is 1. The molecule has 5 aliphatic rings. The molecule has 0 radical (unpaired) electrons. The van der Waals surface area contributed by atoms with Gasteiger partial charge in [0.05, 0.1) is 11.1 Å². The van der Waals surface area contributed by atoms with E-state index in [1.54, 1.807) is 0 Å². The van der Waals surface area contributed by atoms with Gasteiger partial charge in [0, 0.05) is 40.0 Å². The van der Waals surface area contributed by atoms with Crippen molar-refractivity contribution < 1.29 is 4.74 Å². The number of aromatic nitrogens is 3. The standard InChI is InChI=1S/C50H40N4O/c1-3-32-20-15-23-37(46(32)51-4-2)35-26-28-42-44(30-35)55-45-31-36(27-29-43(45)50(42)40-24-13-11-21-38(40)39-22-12-14-25-41(39)50)49-53-47(33-16-7-5-8-17-33)52-48(54-49)34-18-9-6-10-19-34/h3-5,7-9,11-14,16-19,21-25,27-31,35H,1,6,10,15,20,26H2,2H3. The Morgan fingerprint density at radius 1 is 0.745 bits per heavy atom. The molecule has 1 atom stereocenters. The first kappa shape index (κ1) is 33.1. The maximum atomic E-state index is 7.14. The third-order valence-electron chi connectivity index (χ3n) is 11.6. The van der Waals surface area contributed by atoms with Crippen molar-refractivity contribution >= 4 is 11.8 Å². The minimum Gasteiger partial charge on any atom is -0.457 e. The Morgan fingerprint density at radius 2 is 1.47 bits per heavy atom. The quantitative estimate of drug-likeness (QED) is 0.164. The molecule has 266 valence electrons. The molecule has 0 amide bonds. The van der Waals surface area contributed by atoms with Crippen LogP contribution in [0.1, 0.15) is 61.5 Å². The second-order valence-electron chi connectivity index (χ2n) is 14.6. The average molecular weight is 713 g/mol. The molecular formula is C50H40N4O. The molecule has 0 saturated carbocycles. The lowest BCUT2D eigenvalue weighted by Crippen LogP contribution is -2.37. The van der Waals surface area contributed by atoms with E-state index < -0.39 is 5.41 Å². The van der Waals surface area contributed by atoms with Gasteiger partial charge in [0.15, 0.2) is 17.5 Å². The molecule has 1 spiro atoms. The van der Waals surface area contributed by atoms with E-state index in [0.717, 1.165) is 71.6 Å². The van der Waals surface area contributed by atoms with E-state index >= 15 is 0 Å². The number of rotatable bonds is 6. The normalized spacial score (nSPS) is 19.0. The van der Waals surface area contributed by atoms with E-state index in [4.69, 9.17) is 24.7 Å². The molecule has 2 heterocycles. The molecule has 0 N–H and O–H groups in total. The molecule has 0 saturated heterocycles. The van der Waals surface area contributed by atoms with Crippen molar-refractivity contribution in [2.45, 2.75) is 44.4 Å². The van der Waals surface area contributed by atoms with Crippen LogP contribution in [0.4, 0.5) is 0 Å². The molecule has 4 aliphatic carbocycles. The predicted octanol–water partition coefficient (Wildman–Crippen LogP) is 11.7. The highest BCUT2D eigenvalue weighted by Gasteiger charge is 2.53. The Balaban J connectivity index is 1.18. The van der Waals surface area contributed by atoms with Crippen LogP contribution in [0.2, 0.25) is 0 Å². The Morgan fingerprint density at radius 3 is 2.20 bits per heavy atom. The van der Waals surface area contributed by atoms with Crippen LogP contribution in [0.25, 0.3) is 39.5 Å². The summed E-state index contributed by atoms with van der Waals surface area (Å²) < 4.78 is 7.14. The molecule has 55 heavy (non-hydrogen) atoms. The fourth-order valence-corrected chi connectivity index (χ4v) is 9.19. The number of nitrogens with zero attached hydrogens (tertiary/aromatic N) is 4. The number of hydrogen-bond donors (Lipinski definition) is 0. The minimum atomic E-state index is -0.555. The van der Waals surface area contributed by atoms with Gasteiger partial charge in [-0.05, 0) is 84.6 Å². The molecule has 4 aromatic carbocycles. The predicted molar refractivity (Wildman–Crippen MR) is 222 cm³/mol. The molecule has 1 aliphatic heterocycles. The van der Waals surface area contributed by atoms with Crippen molar-refractivity contribution in [3.63, 3.8) is 0 Å². The highest BCUT2D eigenvalue weighted by atomic mass is 16.5. The Bertz CT molecular complexity index is 2590. The van der Waals surface area contributed by atoms with Crippen molar-refractivity contribution in [3.8, 4) is 39.7 Å². The molecule has 10 rings (SSSR count). The largest absolute Gasteiger partial charge is 0.457 e. The van der Waals surface area contributed by atoms with E-state index in [-0.39, 0.29) is 5.92 Å². The van der Waals surface area contributed by atoms with Gasteiger partial charge >= 0.3 is 0 Å². The second-order valence-corrected chi connectivity index (χ2v) is 14.6. The maximum Gasteiger partial charge on any atom is 0.164 e. The van der Waals surface area contributed by atoms with Gasteiger partial charge in [-0.1, -0.05) is 134 Å². The lowest BCUT2D eigenvalue weighted by Gasteiger charge is -2.43. The first-order chi connectivity index (χ1) is 27.2. The molecule has 0 fully saturated rings. The van der Waals surface area contributed by atoms with Crippen molar-refractivity contribution in [1.29, 1.82) is 0 Å². The summed E-state index contributed by atoms with van der Waals surface area (Å²) in [5, 5.41) is 0. The molecule has 1 unspecified atom stereocenters. The molecular weight excluding hydrogens is 673 g/mol. The minimum absolute atomic E-state index is 0.109. The summed E-state index contributed by atoms with van der Waals surface area (Å²) in [5.74, 6) is 3.74. The average Bonchev–Trinajstić information content (AvgIpc) is 3.54. The van der Waals surface area contributed by atoms with Crippen LogP contribution in [0, 0.1) is 5.92 Å². The van der Waals surface area contributed by atoms with Gasteiger partial charge in [0.1, 0.15) is 11.5 Å². The highest BCUT2D eigenvalue weighted by molar-refractivity contribution is 5.89. The van der Waals surface area contributed by atoms with Crippen molar-refractivity contribution in [3.05, 3.63) is 197 Å². The van der Waals surface area contributed by atoms with Gasteiger partial charge in [-0.3, -0.25) is 4.99 Å². The zero-order chi connectivity index (χ0) is 36.9. The zero-order valence-corrected chi connectivity index (χ0v) is 30.9. The topological polar surface area (TPSA) is 60.3 Å². The Labute approximate surface area is 322 Å². The van der Waals surface area contributed by atoms with Crippen LogP contribution in [-0.4, -0.2) is 21.2 Å². The van der Waals surface area contributed by atoms with Crippen LogP contribution >= 0.6 is 0 Å². The van der Waals surface area contributed by atoms with Crippen LogP contribution < -0.4 is 4.74 Å². The number of allylic oxidation sites excluding steroid dienone is 11. The summed E-state index contributed by atoms with van der Waals surface area (Å²) in [7, 11) is 0. The summed E-state index contributed by atoms with van der Waals surface area (Å²) in [6, 6.07) is 34.5. The SMILES string of the molecule is C=CC1=C(N=CC)C(C2C=C3Oc4cc(-c5nc(C6=CCCC=C6)nc(-c6ccccc6)n5)ccc4C4(C3=CC2)c2ccccc2-c2ccccc24)=CCC1. The van der Waals surface area contributed by atoms with Gasteiger partial charge in [0.25, 0.3) is 0 Å². The summed E-state index contributed by atoms with van der Waals surface area (Å²) in [5.41, 5.74) is 13.1. The number of hydrogen-bond acceptors (Lipinski definition) is 5. The summed E-state index contributed by atoms with van der Waals surface area (Å²) in [6.45, 7) is 6.12. The third-order valence-corrected chi connectivity index (χ3v) is 11.6. The maximum absolute atomic E-state index is 7.14. The first-order valence-corrected chi connectivity index (χ1v) is 19.4. The smallest absolute Gasteiger partial charge is 0.164 e. The molecule has 5 nitrogen and oxygen atoms in total. The second kappa shape index (κ2) is 13.4. The van der Waals surface area contributed by atoms with Crippen molar-refractivity contribution in [2.24, 2.45) is 10.9 Å². The Hall–Kier alpha value is -6.46. The van der Waals surface area contributed by atoms with Crippen LogP contribution in [0.15, 0.2) is 179 Å². The van der Waals surface area contributed by atoms with Gasteiger partial charge in [-0.15, -0.1) is 0 Å². The fourth-order valence-electron chi connectivity index (χ4n) is 9.19. The number of ether oxygens (including phenoxy) is 1. The molecule has 1 aromatic heterocycles. The van der Waals surface area contributed by atoms with E-state index in [9.17, 15) is 0 Å². The van der Waals surface area contributed by atoms with Crippen molar-refractivity contribution in [2.75, 3.05) is 0 Å².